The Morgan fingerprint density at radius 1 is 0.481 bits per heavy atom. The molecule has 3 N–H and O–H groups in total. The summed E-state index contributed by atoms with van der Waals surface area (Å²) in [5, 5.41) is 22.9. The third-order valence-corrected chi connectivity index (χ3v) is 9.32. The number of aliphatic hydroxyl groups excluding tert-OH is 2. The van der Waals surface area contributed by atoms with Crippen LogP contribution in [-0.4, -0.2) is 34.9 Å². The van der Waals surface area contributed by atoms with E-state index in [9.17, 15) is 15.0 Å². The topological polar surface area (TPSA) is 69.6 Å². The van der Waals surface area contributed by atoms with E-state index >= 15 is 0 Å². The van der Waals surface area contributed by atoms with Crippen molar-refractivity contribution in [2.45, 2.75) is 206 Å². The Labute approximate surface area is 322 Å². The summed E-state index contributed by atoms with van der Waals surface area (Å²) in [5.41, 5.74) is 0. The van der Waals surface area contributed by atoms with Gasteiger partial charge in [-0.05, 0) is 77.0 Å². The summed E-state index contributed by atoms with van der Waals surface area (Å²) in [5.74, 6) is -0.0832. The van der Waals surface area contributed by atoms with Crippen molar-refractivity contribution < 1.29 is 15.0 Å². The number of rotatable bonds is 38. The van der Waals surface area contributed by atoms with Crippen LogP contribution in [0.15, 0.2) is 85.1 Å². The number of aliphatic hydroxyl groups is 2. The molecular weight excluding hydrogens is 639 g/mol. The van der Waals surface area contributed by atoms with E-state index in [2.05, 4.69) is 92.1 Å². The first-order valence-corrected chi connectivity index (χ1v) is 21.8. The van der Waals surface area contributed by atoms with Crippen LogP contribution in [0, 0.1) is 0 Å². The van der Waals surface area contributed by atoms with E-state index in [0.717, 1.165) is 70.6 Å². The normalized spacial score (nSPS) is 13.8. The van der Waals surface area contributed by atoms with Crippen LogP contribution in [0.1, 0.15) is 194 Å². The molecule has 0 heterocycles. The fourth-order valence-electron chi connectivity index (χ4n) is 6.03. The molecule has 0 aromatic carbocycles. The lowest BCUT2D eigenvalue weighted by atomic mass is 10.0. The minimum absolute atomic E-state index is 0.0832. The van der Waals surface area contributed by atoms with Crippen LogP contribution in [0.4, 0.5) is 0 Å². The molecule has 4 heteroatoms. The van der Waals surface area contributed by atoms with Crippen LogP contribution >= 0.6 is 0 Å². The van der Waals surface area contributed by atoms with Crippen molar-refractivity contribution >= 4 is 5.91 Å². The zero-order valence-electron chi connectivity index (χ0n) is 34.0. The summed E-state index contributed by atoms with van der Waals surface area (Å²) in [6, 6.07) is -0.647. The van der Waals surface area contributed by atoms with E-state index in [4.69, 9.17) is 0 Å². The van der Waals surface area contributed by atoms with Gasteiger partial charge in [-0.3, -0.25) is 4.79 Å². The number of carbonyl (C=O) groups excluding carboxylic acids is 1. The molecule has 0 aliphatic heterocycles. The Morgan fingerprint density at radius 3 is 1.33 bits per heavy atom. The Kier molecular flexibility index (Phi) is 41.0. The highest BCUT2D eigenvalue weighted by atomic mass is 16.3. The fraction of sp³-hybridized carbons (Fsp3) is 0.688. The summed E-state index contributed by atoms with van der Waals surface area (Å²) in [6.07, 6.45) is 62.7. The molecule has 1 amide bonds. The summed E-state index contributed by atoms with van der Waals surface area (Å²) in [7, 11) is 0. The van der Waals surface area contributed by atoms with E-state index in [1.165, 1.54) is 103 Å². The van der Waals surface area contributed by atoms with Crippen molar-refractivity contribution in [3.8, 4) is 0 Å². The number of hydrogen-bond acceptors (Lipinski definition) is 3. The molecule has 0 aromatic rings. The van der Waals surface area contributed by atoms with Crippen molar-refractivity contribution in [3.05, 3.63) is 85.1 Å². The van der Waals surface area contributed by atoms with E-state index in [1.54, 1.807) is 6.08 Å². The van der Waals surface area contributed by atoms with Gasteiger partial charge in [0.15, 0.2) is 0 Å². The largest absolute Gasteiger partial charge is 0.394 e. The predicted molar refractivity (Wildman–Crippen MR) is 230 cm³/mol. The smallest absolute Gasteiger partial charge is 0.220 e. The van der Waals surface area contributed by atoms with Gasteiger partial charge in [0.1, 0.15) is 0 Å². The molecule has 0 bridgehead atoms. The molecule has 0 aliphatic rings. The van der Waals surface area contributed by atoms with E-state index in [1.807, 2.05) is 6.08 Å². The molecule has 0 rings (SSSR count). The maximum Gasteiger partial charge on any atom is 0.220 e. The highest BCUT2D eigenvalue weighted by molar-refractivity contribution is 5.76. The highest BCUT2D eigenvalue weighted by Crippen LogP contribution is 2.15. The zero-order valence-corrected chi connectivity index (χ0v) is 34.0. The van der Waals surface area contributed by atoms with Crippen LogP contribution in [-0.2, 0) is 4.79 Å². The average Bonchev–Trinajstić information content (AvgIpc) is 3.15. The van der Waals surface area contributed by atoms with Gasteiger partial charge in [0.2, 0.25) is 5.91 Å². The van der Waals surface area contributed by atoms with Crippen molar-refractivity contribution in [1.82, 2.24) is 5.32 Å². The van der Waals surface area contributed by atoms with E-state index in [-0.39, 0.29) is 12.5 Å². The molecule has 0 radical (unpaired) electrons. The molecule has 0 spiro atoms. The number of unbranched alkanes of at least 4 members (excludes halogenated alkanes) is 19. The molecule has 2 atom stereocenters. The first-order chi connectivity index (χ1) is 25.7. The number of hydrogen-bond donors (Lipinski definition) is 3. The van der Waals surface area contributed by atoms with Crippen LogP contribution in [0.3, 0.4) is 0 Å². The van der Waals surface area contributed by atoms with Crippen LogP contribution in [0.5, 0.6) is 0 Å². The van der Waals surface area contributed by atoms with Gasteiger partial charge in [0.05, 0.1) is 18.8 Å². The minimum Gasteiger partial charge on any atom is -0.394 e. The lowest BCUT2D eigenvalue weighted by Crippen LogP contribution is -2.45. The monoisotopic (exact) mass is 722 g/mol. The average molecular weight is 722 g/mol. The lowest BCUT2D eigenvalue weighted by Gasteiger charge is -2.19. The number of allylic oxidation sites excluding steroid dienone is 13. The van der Waals surface area contributed by atoms with Crippen molar-refractivity contribution in [2.75, 3.05) is 6.61 Å². The maximum absolute atomic E-state index is 12.4. The first-order valence-electron chi connectivity index (χ1n) is 21.8. The predicted octanol–water partition coefficient (Wildman–Crippen LogP) is 13.7. The van der Waals surface area contributed by atoms with Gasteiger partial charge in [-0.1, -0.05) is 195 Å². The quantitative estimate of drug-likeness (QED) is 0.0439. The summed E-state index contributed by atoms with van der Waals surface area (Å²) in [6.45, 7) is 4.09. The summed E-state index contributed by atoms with van der Waals surface area (Å²) in [4.78, 5) is 12.4. The fourth-order valence-corrected chi connectivity index (χ4v) is 6.03. The van der Waals surface area contributed by atoms with Gasteiger partial charge in [-0.15, -0.1) is 0 Å². The molecule has 4 nitrogen and oxygen atoms in total. The molecule has 2 unspecified atom stereocenters. The van der Waals surface area contributed by atoms with Crippen LogP contribution < -0.4 is 5.32 Å². The van der Waals surface area contributed by atoms with Crippen molar-refractivity contribution in [3.63, 3.8) is 0 Å². The Bertz CT molecular complexity index is 957. The molecule has 0 saturated carbocycles. The standard InChI is InChI=1S/C48H83NO3/c1-3-5-7-9-11-13-15-16-17-18-19-20-21-22-23-24-25-26-27-28-29-30-31-32-34-36-38-40-42-44-48(52)49-46(45-50)47(51)43-41-39-37-35-33-14-12-10-8-6-4-2/h5,7-8,10-11,13,16-17,19-20,33,35,41,43,46-47,50-51H,3-4,6,9,12,14-15,18,21-32,34,36-40,42,44-45H2,1-2H3,(H,49,52)/b7-5-,10-8+,13-11-,17-16-,20-19-,35-33+,43-41+. The minimum atomic E-state index is -0.871. The van der Waals surface area contributed by atoms with Gasteiger partial charge in [0.25, 0.3) is 0 Å². The van der Waals surface area contributed by atoms with Gasteiger partial charge >= 0.3 is 0 Å². The van der Waals surface area contributed by atoms with E-state index in [0.29, 0.717) is 6.42 Å². The second-order valence-electron chi connectivity index (χ2n) is 14.4. The third kappa shape index (κ3) is 38.8. The lowest BCUT2D eigenvalue weighted by molar-refractivity contribution is -0.123. The molecule has 0 saturated heterocycles. The maximum atomic E-state index is 12.4. The van der Waals surface area contributed by atoms with Crippen molar-refractivity contribution in [1.29, 1.82) is 0 Å². The second kappa shape index (κ2) is 43.0. The molecule has 0 fully saturated rings. The molecule has 52 heavy (non-hydrogen) atoms. The van der Waals surface area contributed by atoms with Gasteiger partial charge in [0, 0.05) is 6.42 Å². The molecule has 0 aliphatic carbocycles. The number of nitrogens with one attached hydrogen (secondary N) is 1. The number of carbonyl (C=O) groups is 1. The molecular formula is C48H83NO3. The van der Waals surface area contributed by atoms with Gasteiger partial charge in [-0.25, -0.2) is 0 Å². The summed E-state index contributed by atoms with van der Waals surface area (Å²) < 4.78 is 0. The molecule has 298 valence electrons. The van der Waals surface area contributed by atoms with Crippen molar-refractivity contribution in [2.24, 2.45) is 0 Å². The van der Waals surface area contributed by atoms with Crippen LogP contribution in [0.25, 0.3) is 0 Å². The third-order valence-electron chi connectivity index (χ3n) is 9.32. The van der Waals surface area contributed by atoms with Gasteiger partial charge in [-0.2, -0.15) is 0 Å². The zero-order chi connectivity index (χ0) is 37.8. The van der Waals surface area contributed by atoms with Gasteiger partial charge < -0.3 is 15.5 Å². The molecule has 0 aromatic heterocycles. The Hall–Kier alpha value is -2.43. The second-order valence-corrected chi connectivity index (χ2v) is 14.4. The van der Waals surface area contributed by atoms with Crippen LogP contribution in [0.2, 0.25) is 0 Å². The highest BCUT2D eigenvalue weighted by Gasteiger charge is 2.17. The summed E-state index contributed by atoms with van der Waals surface area (Å²) >= 11 is 0. The Morgan fingerprint density at radius 2 is 0.865 bits per heavy atom. The van der Waals surface area contributed by atoms with E-state index < -0.39 is 12.1 Å². The SMILES string of the molecule is CC/C=C\C/C=C\C/C=C\C/C=C\CCCCCCCCCCCCCCCCCCC(=O)NC(CO)C(O)/C=C/CC/C=C/CC/C=C/CCC. The first kappa shape index (κ1) is 49.6. The Balaban J connectivity index is 3.53. The number of amides is 1.